The van der Waals surface area contributed by atoms with Gasteiger partial charge in [0.25, 0.3) is 5.91 Å². The highest BCUT2D eigenvalue weighted by Crippen LogP contribution is 2.17. The Morgan fingerprint density at radius 2 is 1.88 bits per heavy atom. The summed E-state index contributed by atoms with van der Waals surface area (Å²) in [5.74, 6) is -1.66. The van der Waals surface area contributed by atoms with E-state index in [4.69, 9.17) is 10.00 Å². The average Bonchev–Trinajstić information content (AvgIpc) is 2.61. The van der Waals surface area contributed by atoms with Gasteiger partial charge in [0.1, 0.15) is 5.75 Å². The number of carbonyl (C=O) groups is 2. The number of hydrogen-bond donors (Lipinski definition) is 1. The molecule has 6 nitrogen and oxygen atoms in total. The highest BCUT2D eigenvalue weighted by molar-refractivity contribution is 5.97. The Labute approximate surface area is 148 Å². The van der Waals surface area contributed by atoms with Crippen molar-refractivity contribution >= 4 is 17.6 Å². The Kier molecular flexibility index (Phi) is 6.22. The van der Waals surface area contributed by atoms with E-state index in [0.717, 1.165) is 6.07 Å². The molecule has 0 radical (unpaired) electrons. The van der Waals surface area contributed by atoms with Crippen molar-refractivity contribution in [3.8, 4) is 11.8 Å². The molecule has 0 fully saturated rings. The molecule has 0 aliphatic carbocycles. The third-order valence-electron chi connectivity index (χ3n) is 3.21. The molecule has 0 aliphatic rings. The zero-order valence-electron chi connectivity index (χ0n) is 13.6. The second-order valence-electron chi connectivity index (χ2n) is 5.14. The minimum Gasteiger partial charge on any atom is -0.449 e. The van der Waals surface area contributed by atoms with E-state index in [1.807, 2.05) is 6.07 Å². The first-order valence-corrected chi connectivity index (χ1v) is 7.46. The molecule has 0 heterocycles. The normalized spacial score (nSPS) is 11.3. The topological polar surface area (TPSA) is 88.4 Å². The minimum atomic E-state index is -3.02. The molecule has 2 aromatic carbocycles. The van der Waals surface area contributed by atoms with Gasteiger partial charge in [0.2, 0.25) is 0 Å². The molecule has 26 heavy (non-hydrogen) atoms. The van der Waals surface area contributed by atoms with Gasteiger partial charge in [-0.15, -0.1) is 0 Å². The molecule has 0 aromatic heterocycles. The second-order valence-corrected chi connectivity index (χ2v) is 5.14. The lowest BCUT2D eigenvalue weighted by atomic mass is 10.2. The van der Waals surface area contributed by atoms with Gasteiger partial charge in [0.05, 0.1) is 17.2 Å². The van der Waals surface area contributed by atoms with Crippen molar-refractivity contribution in [2.24, 2.45) is 0 Å². The van der Waals surface area contributed by atoms with Crippen molar-refractivity contribution in [2.45, 2.75) is 19.6 Å². The first-order chi connectivity index (χ1) is 12.4. The van der Waals surface area contributed by atoms with Gasteiger partial charge in [0, 0.05) is 5.69 Å². The fraction of sp³-hybridized carbons (Fsp3) is 0.167. The standard InChI is InChI=1S/C18H14F2N2O4/c1-11(16(23)22-14-6-2-4-12(8-14)10-21)25-17(24)13-5-3-7-15(9-13)26-18(19)20/h2-9,11,18H,1H3,(H,22,23)/t11-/m0/s1. The van der Waals surface area contributed by atoms with E-state index in [1.165, 1.54) is 31.2 Å². The summed E-state index contributed by atoms with van der Waals surface area (Å²) in [7, 11) is 0. The molecular formula is C18H14F2N2O4. The maximum absolute atomic E-state index is 12.2. The molecule has 0 spiro atoms. The van der Waals surface area contributed by atoms with Gasteiger partial charge in [-0.1, -0.05) is 12.1 Å². The van der Waals surface area contributed by atoms with Crippen LogP contribution in [0.3, 0.4) is 0 Å². The molecule has 8 heteroatoms. The van der Waals surface area contributed by atoms with Gasteiger partial charge < -0.3 is 14.8 Å². The maximum atomic E-state index is 12.2. The summed E-state index contributed by atoms with van der Waals surface area (Å²) in [5, 5.41) is 11.4. The number of nitrogens with zero attached hydrogens (tertiary/aromatic N) is 1. The lowest BCUT2D eigenvalue weighted by Gasteiger charge is -2.14. The molecule has 134 valence electrons. The van der Waals surface area contributed by atoms with Crippen LogP contribution in [0.25, 0.3) is 0 Å². The number of halogens is 2. The lowest BCUT2D eigenvalue weighted by Crippen LogP contribution is -2.30. The van der Waals surface area contributed by atoms with Crippen molar-refractivity contribution in [3.63, 3.8) is 0 Å². The summed E-state index contributed by atoms with van der Waals surface area (Å²) in [4.78, 5) is 24.2. The van der Waals surface area contributed by atoms with Crippen molar-refractivity contribution in [1.82, 2.24) is 0 Å². The fourth-order valence-corrected chi connectivity index (χ4v) is 1.99. The van der Waals surface area contributed by atoms with Crippen molar-refractivity contribution in [1.29, 1.82) is 5.26 Å². The van der Waals surface area contributed by atoms with E-state index >= 15 is 0 Å². The monoisotopic (exact) mass is 360 g/mol. The number of nitriles is 1. The SMILES string of the molecule is C[C@H](OC(=O)c1cccc(OC(F)F)c1)C(=O)Nc1cccc(C#N)c1. The van der Waals surface area contributed by atoms with Crippen LogP contribution in [0.15, 0.2) is 48.5 Å². The number of rotatable bonds is 6. The fourth-order valence-electron chi connectivity index (χ4n) is 1.99. The van der Waals surface area contributed by atoms with Crippen LogP contribution in [0, 0.1) is 11.3 Å². The molecule has 1 atom stereocenters. The number of benzene rings is 2. The number of alkyl halides is 2. The molecule has 1 amide bonds. The number of carbonyl (C=O) groups excluding carboxylic acids is 2. The Balaban J connectivity index is 1.99. The third-order valence-corrected chi connectivity index (χ3v) is 3.21. The number of esters is 1. The lowest BCUT2D eigenvalue weighted by molar-refractivity contribution is -0.123. The van der Waals surface area contributed by atoms with Crippen molar-refractivity contribution < 1.29 is 27.8 Å². The molecule has 0 unspecified atom stereocenters. The Morgan fingerprint density at radius 3 is 2.58 bits per heavy atom. The van der Waals surface area contributed by atoms with E-state index in [1.54, 1.807) is 18.2 Å². The van der Waals surface area contributed by atoms with Gasteiger partial charge in [-0.2, -0.15) is 14.0 Å². The molecule has 2 rings (SSSR count). The molecule has 0 saturated heterocycles. The van der Waals surface area contributed by atoms with Crippen LogP contribution in [0.4, 0.5) is 14.5 Å². The zero-order chi connectivity index (χ0) is 19.1. The van der Waals surface area contributed by atoms with Crippen LogP contribution < -0.4 is 10.1 Å². The quantitative estimate of drug-likeness (QED) is 0.798. The van der Waals surface area contributed by atoms with Crippen LogP contribution in [0.1, 0.15) is 22.8 Å². The van der Waals surface area contributed by atoms with Crippen LogP contribution in [0.2, 0.25) is 0 Å². The van der Waals surface area contributed by atoms with Crippen molar-refractivity contribution in [2.75, 3.05) is 5.32 Å². The largest absolute Gasteiger partial charge is 0.449 e. The van der Waals surface area contributed by atoms with Gasteiger partial charge in [-0.3, -0.25) is 4.79 Å². The summed E-state index contributed by atoms with van der Waals surface area (Å²) >= 11 is 0. The molecule has 1 N–H and O–H groups in total. The number of anilines is 1. The highest BCUT2D eigenvalue weighted by atomic mass is 19.3. The Morgan fingerprint density at radius 1 is 1.15 bits per heavy atom. The Hall–Kier alpha value is -3.47. The molecule has 0 aliphatic heterocycles. The predicted molar refractivity (Wildman–Crippen MR) is 87.7 cm³/mol. The van der Waals surface area contributed by atoms with Gasteiger partial charge in [0.15, 0.2) is 6.10 Å². The van der Waals surface area contributed by atoms with E-state index in [9.17, 15) is 18.4 Å². The first-order valence-electron chi connectivity index (χ1n) is 7.46. The number of nitrogens with one attached hydrogen (secondary N) is 1. The summed E-state index contributed by atoms with van der Waals surface area (Å²) < 4.78 is 33.7. The smallest absolute Gasteiger partial charge is 0.387 e. The van der Waals surface area contributed by atoms with Gasteiger partial charge in [-0.25, -0.2) is 4.79 Å². The van der Waals surface area contributed by atoms with E-state index in [0.29, 0.717) is 11.3 Å². The Bertz CT molecular complexity index is 849. The summed E-state index contributed by atoms with van der Waals surface area (Å²) in [6.45, 7) is -1.66. The van der Waals surface area contributed by atoms with Crippen molar-refractivity contribution in [3.05, 3.63) is 59.7 Å². The predicted octanol–water partition coefficient (Wildman–Crippen LogP) is 3.34. The first kappa shape index (κ1) is 18.9. The second kappa shape index (κ2) is 8.58. The van der Waals surface area contributed by atoms with Crippen LogP contribution in [-0.4, -0.2) is 24.6 Å². The van der Waals surface area contributed by atoms with Crippen LogP contribution in [0.5, 0.6) is 5.75 Å². The summed E-state index contributed by atoms with van der Waals surface area (Å²) in [6, 6.07) is 13.2. The van der Waals surface area contributed by atoms with E-state index in [-0.39, 0.29) is 11.3 Å². The number of amides is 1. The number of hydrogen-bond acceptors (Lipinski definition) is 5. The third kappa shape index (κ3) is 5.27. The average molecular weight is 360 g/mol. The van der Waals surface area contributed by atoms with E-state index in [2.05, 4.69) is 10.1 Å². The minimum absolute atomic E-state index is 0.0331. The maximum Gasteiger partial charge on any atom is 0.387 e. The van der Waals surface area contributed by atoms with Gasteiger partial charge in [-0.05, 0) is 43.3 Å². The van der Waals surface area contributed by atoms with Crippen LogP contribution >= 0.6 is 0 Å². The van der Waals surface area contributed by atoms with Gasteiger partial charge >= 0.3 is 12.6 Å². The molecule has 2 aromatic rings. The van der Waals surface area contributed by atoms with Crippen LogP contribution in [-0.2, 0) is 9.53 Å². The molecule has 0 saturated carbocycles. The zero-order valence-corrected chi connectivity index (χ0v) is 13.6. The summed E-state index contributed by atoms with van der Waals surface area (Å²) in [6.07, 6.45) is -1.15. The van der Waals surface area contributed by atoms with E-state index < -0.39 is 24.6 Å². The number of ether oxygens (including phenoxy) is 2. The molecular weight excluding hydrogens is 346 g/mol. The molecule has 0 bridgehead atoms. The highest BCUT2D eigenvalue weighted by Gasteiger charge is 2.20. The summed E-state index contributed by atoms with van der Waals surface area (Å²) in [5.41, 5.74) is 0.710.